The number of rotatable bonds is 12. The lowest BCUT2D eigenvalue weighted by Crippen LogP contribution is -2.24. The van der Waals surface area contributed by atoms with Crippen LogP contribution in [0.2, 0.25) is 0 Å². The van der Waals surface area contributed by atoms with Gasteiger partial charge in [-0.2, -0.15) is 5.10 Å². The van der Waals surface area contributed by atoms with Crippen molar-refractivity contribution in [3.63, 3.8) is 0 Å². The Morgan fingerprint density at radius 2 is 1.62 bits per heavy atom. The van der Waals surface area contributed by atoms with E-state index in [9.17, 15) is 4.79 Å². The molecule has 0 atom stereocenters. The number of unbranched alkanes of at least 4 members (excludes halogenated alkanes) is 7. The standard InChI is InChI=1S/C24H32N4O/c1-28-20(15-19-27-28)12-8-6-4-2-3-5-7-11-17-26-24(29)22-16-18-25-23-14-10-9-13-21(22)23/h9-10,13-16,18-19H,2-8,11-12,17H2,1H3,(H,26,29). The van der Waals surface area contributed by atoms with E-state index < -0.39 is 0 Å². The van der Waals surface area contributed by atoms with Crippen molar-refractivity contribution in [2.24, 2.45) is 7.05 Å². The van der Waals surface area contributed by atoms with Crippen molar-refractivity contribution in [1.82, 2.24) is 20.1 Å². The average Bonchev–Trinajstić information content (AvgIpc) is 3.16. The molecule has 2 aromatic heterocycles. The summed E-state index contributed by atoms with van der Waals surface area (Å²) >= 11 is 0. The van der Waals surface area contributed by atoms with Gasteiger partial charge in [0.1, 0.15) is 0 Å². The number of nitrogens with one attached hydrogen (secondary N) is 1. The number of aryl methyl sites for hydroxylation is 2. The van der Waals surface area contributed by atoms with Gasteiger partial charge in [-0.3, -0.25) is 14.5 Å². The number of aromatic nitrogens is 3. The van der Waals surface area contributed by atoms with Crippen LogP contribution in [-0.4, -0.2) is 27.2 Å². The van der Waals surface area contributed by atoms with Crippen LogP contribution in [0.5, 0.6) is 0 Å². The molecule has 0 saturated heterocycles. The van der Waals surface area contributed by atoms with E-state index in [4.69, 9.17) is 0 Å². The second kappa shape index (κ2) is 11.3. The first kappa shape index (κ1) is 21.0. The second-order valence-electron chi connectivity index (χ2n) is 7.66. The van der Waals surface area contributed by atoms with Crippen molar-refractivity contribution in [2.75, 3.05) is 6.54 Å². The molecule has 1 aromatic carbocycles. The maximum atomic E-state index is 12.5. The first-order chi connectivity index (χ1) is 14.3. The maximum absolute atomic E-state index is 12.5. The molecule has 0 fully saturated rings. The van der Waals surface area contributed by atoms with Crippen LogP contribution in [0.1, 0.15) is 67.4 Å². The van der Waals surface area contributed by atoms with E-state index in [2.05, 4.69) is 21.5 Å². The molecule has 0 unspecified atom stereocenters. The Bertz CT molecular complexity index is 897. The Balaban J connectivity index is 1.21. The van der Waals surface area contributed by atoms with E-state index >= 15 is 0 Å². The minimum absolute atomic E-state index is 0.00276. The molecule has 0 aliphatic rings. The van der Waals surface area contributed by atoms with E-state index in [0.29, 0.717) is 5.56 Å². The first-order valence-corrected chi connectivity index (χ1v) is 10.8. The summed E-state index contributed by atoms with van der Waals surface area (Å²) in [5.74, 6) is -0.00276. The van der Waals surface area contributed by atoms with Crippen LogP contribution in [-0.2, 0) is 13.5 Å². The van der Waals surface area contributed by atoms with E-state index in [-0.39, 0.29) is 5.91 Å². The number of amides is 1. The summed E-state index contributed by atoms with van der Waals surface area (Å²) in [6.45, 7) is 0.736. The van der Waals surface area contributed by atoms with Gasteiger partial charge in [0.05, 0.1) is 11.1 Å². The molecule has 3 rings (SSSR count). The molecule has 154 valence electrons. The fourth-order valence-corrected chi connectivity index (χ4v) is 3.73. The van der Waals surface area contributed by atoms with Gasteiger partial charge in [0.2, 0.25) is 0 Å². The van der Waals surface area contributed by atoms with Gasteiger partial charge in [0, 0.05) is 37.1 Å². The molecule has 1 amide bonds. The van der Waals surface area contributed by atoms with Crippen LogP contribution in [0.15, 0.2) is 48.8 Å². The minimum Gasteiger partial charge on any atom is -0.352 e. The number of nitrogens with zero attached hydrogens (tertiary/aromatic N) is 3. The fraction of sp³-hybridized carbons (Fsp3) is 0.458. The van der Waals surface area contributed by atoms with Crippen LogP contribution in [0.4, 0.5) is 0 Å². The molecule has 0 aliphatic carbocycles. The van der Waals surface area contributed by atoms with Gasteiger partial charge in [-0.1, -0.05) is 56.7 Å². The van der Waals surface area contributed by atoms with Crippen molar-refractivity contribution in [3.05, 3.63) is 60.0 Å². The van der Waals surface area contributed by atoms with Gasteiger partial charge in [-0.25, -0.2) is 0 Å². The fourth-order valence-electron chi connectivity index (χ4n) is 3.73. The molecular formula is C24H32N4O. The summed E-state index contributed by atoms with van der Waals surface area (Å²) in [6, 6.07) is 11.7. The van der Waals surface area contributed by atoms with E-state index in [1.807, 2.05) is 42.2 Å². The Kier molecular flexibility index (Phi) is 8.23. The van der Waals surface area contributed by atoms with Crippen molar-refractivity contribution in [3.8, 4) is 0 Å². The Hall–Kier alpha value is -2.69. The zero-order chi connectivity index (χ0) is 20.3. The van der Waals surface area contributed by atoms with Crippen LogP contribution in [0.3, 0.4) is 0 Å². The number of hydrogen-bond donors (Lipinski definition) is 1. The predicted octanol–water partition coefficient (Wildman–Crippen LogP) is 5.06. The molecule has 1 N–H and O–H groups in total. The predicted molar refractivity (Wildman–Crippen MR) is 118 cm³/mol. The zero-order valence-electron chi connectivity index (χ0n) is 17.4. The molecule has 3 aromatic rings. The molecule has 0 saturated carbocycles. The quantitative estimate of drug-likeness (QED) is 0.438. The van der Waals surface area contributed by atoms with Gasteiger partial charge < -0.3 is 5.32 Å². The van der Waals surface area contributed by atoms with Crippen LogP contribution in [0.25, 0.3) is 10.9 Å². The highest BCUT2D eigenvalue weighted by molar-refractivity contribution is 6.05. The van der Waals surface area contributed by atoms with Gasteiger partial charge in [-0.15, -0.1) is 0 Å². The molecule has 0 bridgehead atoms. The molecule has 0 aliphatic heterocycles. The maximum Gasteiger partial charge on any atom is 0.252 e. The smallest absolute Gasteiger partial charge is 0.252 e. The van der Waals surface area contributed by atoms with E-state index in [1.54, 1.807) is 12.3 Å². The van der Waals surface area contributed by atoms with E-state index in [0.717, 1.165) is 30.3 Å². The van der Waals surface area contributed by atoms with Crippen LogP contribution < -0.4 is 5.32 Å². The largest absolute Gasteiger partial charge is 0.352 e. The summed E-state index contributed by atoms with van der Waals surface area (Å²) in [5, 5.41) is 8.18. The SMILES string of the molecule is Cn1nccc1CCCCCCCCCCNC(=O)c1ccnc2ccccc12. The first-order valence-electron chi connectivity index (χ1n) is 10.8. The van der Waals surface area contributed by atoms with Gasteiger partial charge in [0.15, 0.2) is 0 Å². The van der Waals surface area contributed by atoms with Crippen molar-refractivity contribution in [1.29, 1.82) is 0 Å². The molecule has 5 nitrogen and oxygen atoms in total. The van der Waals surface area contributed by atoms with Crippen molar-refractivity contribution in [2.45, 2.75) is 57.8 Å². The molecular weight excluding hydrogens is 360 g/mol. The molecule has 5 heteroatoms. The summed E-state index contributed by atoms with van der Waals surface area (Å²) in [5.41, 5.74) is 2.90. The number of benzene rings is 1. The molecule has 2 heterocycles. The Labute approximate surface area is 173 Å². The van der Waals surface area contributed by atoms with Crippen LogP contribution >= 0.6 is 0 Å². The monoisotopic (exact) mass is 392 g/mol. The number of para-hydroxylation sites is 1. The highest BCUT2D eigenvalue weighted by Gasteiger charge is 2.09. The van der Waals surface area contributed by atoms with E-state index in [1.165, 1.54) is 50.6 Å². The van der Waals surface area contributed by atoms with Gasteiger partial charge in [-0.05, 0) is 37.5 Å². The Morgan fingerprint density at radius 3 is 2.38 bits per heavy atom. The number of fused-ring (bicyclic) bond motifs is 1. The average molecular weight is 393 g/mol. The number of carbonyl (C=O) groups excluding carboxylic acids is 1. The normalized spacial score (nSPS) is 11.1. The molecule has 0 spiro atoms. The van der Waals surface area contributed by atoms with Crippen molar-refractivity contribution >= 4 is 16.8 Å². The molecule has 29 heavy (non-hydrogen) atoms. The highest BCUT2D eigenvalue weighted by atomic mass is 16.1. The Morgan fingerprint density at radius 1 is 0.897 bits per heavy atom. The highest BCUT2D eigenvalue weighted by Crippen LogP contribution is 2.16. The summed E-state index contributed by atoms with van der Waals surface area (Å²) in [4.78, 5) is 16.8. The topological polar surface area (TPSA) is 59.8 Å². The van der Waals surface area contributed by atoms with Crippen molar-refractivity contribution < 1.29 is 4.79 Å². The lowest BCUT2D eigenvalue weighted by atomic mass is 10.1. The van der Waals surface area contributed by atoms with Gasteiger partial charge >= 0.3 is 0 Å². The molecule has 0 radical (unpaired) electrons. The number of pyridine rings is 1. The summed E-state index contributed by atoms with van der Waals surface area (Å²) < 4.78 is 1.97. The minimum atomic E-state index is -0.00276. The third-order valence-corrected chi connectivity index (χ3v) is 5.46. The third-order valence-electron chi connectivity index (χ3n) is 5.46. The summed E-state index contributed by atoms with van der Waals surface area (Å²) in [7, 11) is 2.01. The zero-order valence-corrected chi connectivity index (χ0v) is 17.4. The lowest BCUT2D eigenvalue weighted by Gasteiger charge is -2.08. The third kappa shape index (κ3) is 6.41. The number of carbonyl (C=O) groups is 1. The van der Waals surface area contributed by atoms with Gasteiger partial charge in [0.25, 0.3) is 5.91 Å². The summed E-state index contributed by atoms with van der Waals surface area (Å²) in [6.07, 6.45) is 14.6. The second-order valence-corrected chi connectivity index (χ2v) is 7.66. The van der Waals surface area contributed by atoms with Crippen LogP contribution in [0, 0.1) is 0 Å². The lowest BCUT2D eigenvalue weighted by molar-refractivity contribution is 0.0954. The number of hydrogen-bond acceptors (Lipinski definition) is 3.